The van der Waals surface area contributed by atoms with Crippen molar-refractivity contribution in [1.82, 2.24) is 29.3 Å². The maximum absolute atomic E-state index is 4.84. The van der Waals surface area contributed by atoms with Crippen LogP contribution in [0.2, 0.25) is 0 Å². The molecule has 1 aliphatic rings. The molecule has 0 bridgehead atoms. The van der Waals surface area contributed by atoms with E-state index in [2.05, 4.69) is 54.8 Å². The minimum atomic E-state index is 0.312. The van der Waals surface area contributed by atoms with Gasteiger partial charge in [0.2, 0.25) is 0 Å². The Bertz CT molecular complexity index is 1140. The molecule has 28 heavy (non-hydrogen) atoms. The topological polar surface area (TPSA) is 82.9 Å². The van der Waals surface area contributed by atoms with Gasteiger partial charge in [-0.2, -0.15) is 5.10 Å². The Morgan fingerprint density at radius 1 is 1.21 bits per heavy atom. The highest BCUT2D eigenvalue weighted by Crippen LogP contribution is 2.32. The van der Waals surface area contributed by atoms with Crippen molar-refractivity contribution in [3.8, 4) is 11.3 Å². The zero-order chi connectivity index (χ0) is 18.9. The number of benzene rings is 1. The predicted octanol–water partition coefficient (Wildman–Crippen LogP) is 4.16. The Morgan fingerprint density at radius 3 is 2.86 bits per heavy atom. The molecule has 9 heteroatoms. The molecule has 1 aromatic carbocycles. The molecule has 0 aliphatic carbocycles. The number of nitrogens with zero attached hydrogens (tertiary/aromatic N) is 4. The Morgan fingerprint density at radius 2 is 2.11 bits per heavy atom. The lowest BCUT2D eigenvalue weighted by Crippen LogP contribution is -2.09. The lowest BCUT2D eigenvalue weighted by Gasteiger charge is -2.10. The van der Waals surface area contributed by atoms with E-state index in [1.807, 2.05) is 36.8 Å². The molecule has 0 saturated carbocycles. The van der Waals surface area contributed by atoms with Crippen LogP contribution in [0.1, 0.15) is 6.92 Å². The standard InChI is InChI=1S/C19H17N7S2/c1-12-7-16(28-25-12)23-18-19-20-10-15(13-8-21-22-9-13)26(19)11-17(24-18)27-14-5-3-2-4-6-14/h2-12,25H,1H3,(H,21,22)(H,23,24). The van der Waals surface area contributed by atoms with Gasteiger partial charge in [0.15, 0.2) is 11.5 Å². The van der Waals surface area contributed by atoms with Gasteiger partial charge in [0, 0.05) is 28.9 Å². The maximum Gasteiger partial charge on any atom is 0.181 e. The summed E-state index contributed by atoms with van der Waals surface area (Å²) in [4.78, 5) is 10.6. The number of hydrogen-bond donors (Lipinski definition) is 3. The molecule has 0 radical (unpaired) electrons. The summed E-state index contributed by atoms with van der Waals surface area (Å²) in [5.41, 5.74) is 2.71. The average Bonchev–Trinajstić information content (AvgIpc) is 3.43. The van der Waals surface area contributed by atoms with E-state index < -0.39 is 0 Å². The fraction of sp³-hybridized carbons (Fsp3) is 0.105. The zero-order valence-electron chi connectivity index (χ0n) is 15.0. The molecule has 4 heterocycles. The molecule has 0 saturated heterocycles. The van der Waals surface area contributed by atoms with Crippen molar-refractivity contribution in [1.29, 1.82) is 0 Å². The zero-order valence-corrected chi connectivity index (χ0v) is 16.6. The fourth-order valence-corrected chi connectivity index (χ4v) is 4.58. The summed E-state index contributed by atoms with van der Waals surface area (Å²) in [6.07, 6.45) is 9.66. The normalized spacial score (nSPS) is 16.5. The van der Waals surface area contributed by atoms with Crippen molar-refractivity contribution in [2.45, 2.75) is 22.9 Å². The molecule has 1 atom stereocenters. The van der Waals surface area contributed by atoms with Gasteiger partial charge < -0.3 is 5.32 Å². The highest BCUT2D eigenvalue weighted by molar-refractivity contribution is 8.01. The van der Waals surface area contributed by atoms with Crippen LogP contribution in [0.3, 0.4) is 0 Å². The second-order valence-corrected chi connectivity index (χ2v) is 8.30. The van der Waals surface area contributed by atoms with Crippen molar-refractivity contribution in [3.05, 3.63) is 66.2 Å². The Balaban J connectivity index is 1.61. The number of fused-ring (bicyclic) bond motifs is 1. The van der Waals surface area contributed by atoms with Gasteiger partial charge in [-0.15, -0.1) is 0 Å². The highest BCUT2D eigenvalue weighted by atomic mass is 32.2. The second kappa shape index (κ2) is 7.34. The lowest BCUT2D eigenvalue weighted by atomic mass is 10.3. The molecule has 7 nitrogen and oxygen atoms in total. The largest absolute Gasteiger partial charge is 0.331 e. The molecule has 5 rings (SSSR count). The third-order valence-corrected chi connectivity index (χ3v) is 6.09. The van der Waals surface area contributed by atoms with Crippen LogP contribution >= 0.6 is 23.7 Å². The number of aromatic nitrogens is 5. The quantitative estimate of drug-likeness (QED) is 0.428. The summed E-state index contributed by atoms with van der Waals surface area (Å²) >= 11 is 3.19. The summed E-state index contributed by atoms with van der Waals surface area (Å²) in [7, 11) is 0. The van der Waals surface area contributed by atoms with Crippen molar-refractivity contribution in [3.63, 3.8) is 0 Å². The van der Waals surface area contributed by atoms with Crippen molar-refractivity contribution in [2.24, 2.45) is 0 Å². The summed E-state index contributed by atoms with van der Waals surface area (Å²) in [5, 5.41) is 12.3. The van der Waals surface area contributed by atoms with Gasteiger partial charge in [-0.25, -0.2) is 9.97 Å². The maximum atomic E-state index is 4.84. The number of H-pyrrole nitrogens is 1. The highest BCUT2D eigenvalue weighted by Gasteiger charge is 2.17. The molecule has 3 N–H and O–H groups in total. The molecular weight excluding hydrogens is 390 g/mol. The average molecular weight is 408 g/mol. The van der Waals surface area contributed by atoms with Crippen LogP contribution in [0.5, 0.6) is 0 Å². The van der Waals surface area contributed by atoms with Crippen molar-refractivity contribution < 1.29 is 0 Å². The van der Waals surface area contributed by atoms with E-state index in [0.717, 1.165) is 37.7 Å². The third-order valence-electron chi connectivity index (χ3n) is 4.23. The van der Waals surface area contributed by atoms with Crippen molar-refractivity contribution in [2.75, 3.05) is 5.32 Å². The number of nitrogens with one attached hydrogen (secondary N) is 3. The first-order valence-corrected chi connectivity index (χ1v) is 10.4. The van der Waals surface area contributed by atoms with Gasteiger partial charge in [-0.05, 0) is 37.1 Å². The van der Waals surface area contributed by atoms with E-state index in [9.17, 15) is 0 Å². The minimum Gasteiger partial charge on any atom is -0.331 e. The van der Waals surface area contributed by atoms with Gasteiger partial charge in [0.05, 0.1) is 23.1 Å². The number of aromatic amines is 1. The first-order chi connectivity index (χ1) is 13.8. The number of anilines is 1. The molecule has 0 fully saturated rings. The molecule has 140 valence electrons. The molecule has 1 unspecified atom stereocenters. The van der Waals surface area contributed by atoms with E-state index in [0.29, 0.717) is 6.04 Å². The van der Waals surface area contributed by atoms with E-state index in [1.54, 1.807) is 29.9 Å². The number of hydrogen-bond acceptors (Lipinski definition) is 7. The monoisotopic (exact) mass is 407 g/mol. The van der Waals surface area contributed by atoms with E-state index in [1.165, 1.54) is 0 Å². The smallest absolute Gasteiger partial charge is 0.181 e. The summed E-state index contributed by atoms with van der Waals surface area (Å²) in [5.74, 6) is 0.727. The van der Waals surface area contributed by atoms with E-state index >= 15 is 0 Å². The summed E-state index contributed by atoms with van der Waals surface area (Å²) < 4.78 is 5.37. The summed E-state index contributed by atoms with van der Waals surface area (Å²) in [6.45, 7) is 2.11. The molecule has 4 aromatic rings. The Labute approximate surface area is 170 Å². The van der Waals surface area contributed by atoms with Crippen LogP contribution in [-0.4, -0.2) is 30.6 Å². The van der Waals surface area contributed by atoms with E-state index in [-0.39, 0.29) is 0 Å². The van der Waals surface area contributed by atoms with Gasteiger partial charge in [0.25, 0.3) is 0 Å². The SMILES string of the molecule is CC1C=C(Nc2nc(Sc3ccccc3)cn3c(-c4cn[nH]c4)cnc23)SN1. The molecule has 3 aromatic heterocycles. The van der Waals surface area contributed by atoms with Gasteiger partial charge >= 0.3 is 0 Å². The van der Waals surface area contributed by atoms with Crippen LogP contribution in [0, 0.1) is 0 Å². The van der Waals surface area contributed by atoms with Crippen LogP contribution in [0.15, 0.2) is 76.1 Å². The Hall–Kier alpha value is -2.75. The molecule has 1 aliphatic heterocycles. The first kappa shape index (κ1) is 17.4. The number of imidazole rings is 1. The van der Waals surface area contributed by atoms with Gasteiger partial charge in [0.1, 0.15) is 5.03 Å². The molecule has 0 spiro atoms. The minimum absolute atomic E-state index is 0.312. The van der Waals surface area contributed by atoms with Gasteiger partial charge in [-0.3, -0.25) is 14.2 Å². The summed E-state index contributed by atoms with van der Waals surface area (Å²) in [6, 6.07) is 10.5. The van der Waals surface area contributed by atoms with Gasteiger partial charge in [-0.1, -0.05) is 30.0 Å². The van der Waals surface area contributed by atoms with Crippen molar-refractivity contribution >= 4 is 35.2 Å². The fourth-order valence-electron chi connectivity index (χ4n) is 2.95. The van der Waals surface area contributed by atoms with Crippen LogP contribution in [0.4, 0.5) is 5.82 Å². The predicted molar refractivity (Wildman–Crippen MR) is 113 cm³/mol. The van der Waals surface area contributed by atoms with Crippen LogP contribution < -0.4 is 10.0 Å². The number of rotatable bonds is 5. The Kier molecular flexibility index (Phi) is 4.55. The third kappa shape index (κ3) is 3.39. The molecular formula is C19H17N7S2. The first-order valence-electron chi connectivity index (χ1n) is 8.77. The van der Waals surface area contributed by atoms with Crippen LogP contribution in [-0.2, 0) is 0 Å². The molecule has 0 amide bonds. The lowest BCUT2D eigenvalue weighted by molar-refractivity contribution is 0.868. The van der Waals surface area contributed by atoms with E-state index in [4.69, 9.17) is 4.98 Å². The second-order valence-electron chi connectivity index (χ2n) is 6.33. The van der Waals surface area contributed by atoms with Crippen LogP contribution in [0.25, 0.3) is 16.9 Å².